The molecule has 2 unspecified atom stereocenters. The van der Waals surface area contributed by atoms with Gasteiger partial charge in [0.2, 0.25) is 5.91 Å². The Labute approximate surface area is 121 Å². The predicted molar refractivity (Wildman–Crippen MR) is 79.0 cm³/mol. The van der Waals surface area contributed by atoms with Crippen LogP contribution in [0.2, 0.25) is 0 Å². The van der Waals surface area contributed by atoms with E-state index in [4.69, 9.17) is 0 Å². The summed E-state index contributed by atoms with van der Waals surface area (Å²) >= 11 is 0. The molecule has 3 heteroatoms. The summed E-state index contributed by atoms with van der Waals surface area (Å²) in [6.07, 6.45) is 4.50. The molecule has 1 fully saturated rings. The zero-order valence-electron chi connectivity index (χ0n) is 12.2. The maximum atomic E-state index is 12.4. The summed E-state index contributed by atoms with van der Waals surface area (Å²) in [5, 5.41) is 12.4. The lowest BCUT2D eigenvalue weighted by Crippen LogP contribution is -2.48. The second-order valence-electron chi connectivity index (χ2n) is 6.27. The molecule has 0 aliphatic heterocycles. The van der Waals surface area contributed by atoms with Crippen LogP contribution in [0.5, 0.6) is 0 Å². The van der Waals surface area contributed by atoms with Crippen LogP contribution in [0, 0.1) is 16.7 Å². The molecule has 1 saturated carbocycles. The molecule has 20 heavy (non-hydrogen) atoms. The van der Waals surface area contributed by atoms with E-state index in [9.17, 15) is 10.1 Å². The topological polar surface area (TPSA) is 52.9 Å². The van der Waals surface area contributed by atoms with E-state index in [1.54, 1.807) is 0 Å². The van der Waals surface area contributed by atoms with Gasteiger partial charge in [0.15, 0.2) is 0 Å². The molecule has 1 N–H and O–H groups in total. The van der Waals surface area contributed by atoms with Crippen molar-refractivity contribution in [2.75, 3.05) is 0 Å². The highest BCUT2D eigenvalue weighted by Gasteiger charge is 2.34. The lowest BCUT2D eigenvalue weighted by Gasteiger charge is -2.39. The molecular weight excluding hydrogens is 248 g/mol. The molecule has 0 saturated heterocycles. The number of carbonyl (C=O) groups excluding carboxylic acids is 1. The molecule has 2 rings (SSSR count). The summed E-state index contributed by atoms with van der Waals surface area (Å²) in [6.45, 7) is 4.39. The fraction of sp³-hybridized carbons (Fsp3) is 0.529. The maximum absolute atomic E-state index is 12.4. The van der Waals surface area contributed by atoms with E-state index in [1.807, 2.05) is 30.3 Å². The summed E-state index contributed by atoms with van der Waals surface area (Å²) < 4.78 is 0. The maximum Gasteiger partial charge on any atom is 0.242 e. The van der Waals surface area contributed by atoms with Gasteiger partial charge < -0.3 is 5.32 Å². The van der Waals surface area contributed by atoms with Crippen molar-refractivity contribution in [3.63, 3.8) is 0 Å². The fourth-order valence-electron chi connectivity index (χ4n) is 2.95. The SMILES string of the molecule is CC1(C)CCCCC1NC(=O)C(C#N)c1ccccc1. The number of amides is 1. The van der Waals surface area contributed by atoms with Crippen LogP contribution in [0.1, 0.15) is 51.0 Å². The third-order valence-electron chi connectivity index (χ3n) is 4.35. The second-order valence-corrected chi connectivity index (χ2v) is 6.27. The van der Waals surface area contributed by atoms with Crippen molar-refractivity contribution in [2.45, 2.75) is 51.5 Å². The number of nitrogens with one attached hydrogen (secondary N) is 1. The quantitative estimate of drug-likeness (QED) is 0.915. The largest absolute Gasteiger partial charge is 0.351 e. The Morgan fingerprint density at radius 2 is 2.05 bits per heavy atom. The number of benzene rings is 1. The van der Waals surface area contributed by atoms with Gasteiger partial charge in [-0.2, -0.15) is 5.26 Å². The molecule has 106 valence electrons. The van der Waals surface area contributed by atoms with Crippen molar-refractivity contribution >= 4 is 5.91 Å². The molecule has 0 spiro atoms. The third-order valence-corrected chi connectivity index (χ3v) is 4.35. The molecular formula is C17H22N2O. The van der Waals surface area contributed by atoms with Crippen LogP contribution >= 0.6 is 0 Å². The minimum atomic E-state index is -0.714. The van der Waals surface area contributed by atoms with E-state index < -0.39 is 5.92 Å². The average Bonchev–Trinajstić information content (AvgIpc) is 2.43. The fourth-order valence-corrected chi connectivity index (χ4v) is 2.95. The standard InChI is InChI=1S/C17H22N2O/c1-17(2)11-7-6-10-15(17)19-16(20)14(12-18)13-8-4-3-5-9-13/h3-5,8-9,14-15H,6-7,10-11H2,1-2H3,(H,19,20). The summed E-state index contributed by atoms with van der Waals surface area (Å²) in [6, 6.07) is 11.6. The van der Waals surface area contributed by atoms with Gasteiger partial charge in [-0.25, -0.2) is 0 Å². The lowest BCUT2D eigenvalue weighted by atomic mass is 9.73. The van der Waals surface area contributed by atoms with Crippen molar-refractivity contribution in [1.82, 2.24) is 5.32 Å². The molecule has 0 radical (unpaired) electrons. The average molecular weight is 270 g/mol. The zero-order valence-corrected chi connectivity index (χ0v) is 12.2. The molecule has 1 aromatic rings. The Bertz CT molecular complexity index is 501. The van der Waals surface area contributed by atoms with Crippen molar-refractivity contribution in [3.05, 3.63) is 35.9 Å². The molecule has 2 atom stereocenters. The van der Waals surface area contributed by atoms with Crippen LogP contribution in [0.15, 0.2) is 30.3 Å². The molecule has 1 aliphatic rings. The van der Waals surface area contributed by atoms with Crippen LogP contribution in [0.4, 0.5) is 0 Å². The van der Waals surface area contributed by atoms with Crippen molar-refractivity contribution in [1.29, 1.82) is 5.26 Å². The molecule has 0 aromatic heterocycles. The number of hydrogen-bond acceptors (Lipinski definition) is 2. The van der Waals surface area contributed by atoms with Crippen molar-refractivity contribution in [3.8, 4) is 6.07 Å². The van der Waals surface area contributed by atoms with Crippen LogP contribution in [0.25, 0.3) is 0 Å². The Morgan fingerprint density at radius 1 is 1.35 bits per heavy atom. The summed E-state index contributed by atoms with van der Waals surface area (Å²) in [7, 11) is 0. The van der Waals surface area contributed by atoms with Crippen LogP contribution < -0.4 is 5.32 Å². The first-order chi connectivity index (χ1) is 9.54. The molecule has 0 bridgehead atoms. The van der Waals surface area contributed by atoms with Gasteiger partial charge in [0.25, 0.3) is 0 Å². The highest BCUT2D eigenvalue weighted by atomic mass is 16.1. The van der Waals surface area contributed by atoms with Crippen molar-refractivity contribution < 1.29 is 4.79 Å². The van der Waals surface area contributed by atoms with Gasteiger partial charge in [-0.3, -0.25) is 4.79 Å². The van der Waals surface area contributed by atoms with Gasteiger partial charge in [-0.1, -0.05) is 57.0 Å². The molecule has 1 aromatic carbocycles. The highest BCUT2D eigenvalue weighted by Crippen LogP contribution is 2.35. The number of rotatable bonds is 3. The van der Waals surface area contributed by atoms with E-state index in [0.29, 0.717) is 0 Å². The molecule has 0 heterocycles. The van der Waals surface area contributed by atoms with E-state index in [0.717, 1.165) is 24.8 Å². The van der Waals surface area contributed by atoms with Gasteiger partial charge in [-0.05, 0) is 23.8 Å². The number of nitrogens with zero attached hydrogens (tertiary/aromatic N) is 1. The Balaban J connectivity index is 2.09. The number of nitriles is 1. The number of hydrogen-bond donors (Lipinski definition) is 1. The zero-order chi connectivity index (χ0) is 14.6. The molecule has 3 nitrogen and oxygen atoms in total. The van der Waals surface area contributed by atoms with Gasteiger partial charge in [0.05, 0.1) is 6.07 Å². The normalized spacial score (nSPS) is 22.6. The van der Waals surface area contributed by atoms with Gasteiger partial charge >= 0.3 is 0 Å². The third kappa shape index (κ3) is 3.19. The van der Waals surface area contributed by atoms with E-state index in [2.05, 4.69) is 25.2 Å². The minimum Gasteiger partial charge on any atom is -0.351 e. The van der Waals surface area contributed by atoms with E-state index in [1.165, 1.54) is 6.42 Å². The second kappa shape index (κ2) is 6.09. The predicted octanol–water partition coefficient (Wildman–Crippen LogP) is 3.38. The monoisotopic (exact) mass is 270 g/mol. The smallest absolute Gasteiger partial charge is 0.242 e. The van der Waals surface area contributed by atoms with Crippen molar-refractivity contribution in [2.24, 2.45) is 5.41 Å². The highest BCUT2D eigenvalue weighted by molar-refractivity contribution is 5.86. The van der Waals surface area contributed by atoms with Gasteiger partial charge in [0, 0.05) is 6.04 Å². The van der Waals surface area contributed by atoms with Gasteiger partial charge in [0.1, 0.15) is 5.92 Å². The Kier molecular flexibility index (Phi) is 4.44. The minimum absolute atomic E-state index is 0.116. The van der Waals surface area contributed by atoms with Crippen LogP contribution in [-0.2, 0) is 4.79 Å². The first-order valence-electron chi connectivity index (χ1n) is 7.29. The summed E-state index contributed by atoms with van der Waals surface area (Å²) in [5.41, 5.74) is 0.881. The first-order valence-corrected chi connectivity index (χ1v) is 7.29. The van der Waals surface area contributed by atoms with Crippen LogP contribution in [-0.4, -0.2) is 11.9 Å². The van der Waals surface area contributed by atoms with Gasteiger partial charge in [-0.15, -0.1) is 0 Å². The summed E-state index contributed by atoms with van der Waals surface area (Å²) in [4.78, 5) is 12.4. The molecule has 1 amide bonds. The van der Waals surface area contributed by atoms with Crippen LogP contribution in [0.3, 0.4) is 0 Å². The summed E-state index contributed by atoms with van der Waals surface area (Å²) in [5.74, 6) is -0.882. The number of carbonyl (C=O) groups is 1. The van der Waals surface area contributed by atoms with E-state index in [-0.39, 0.29) is 17.4 Å². The van der Waals surface area contributed by atoms with E-state index >= 15 is 0 Å². The molecule has 1 aliphatic carbocycles. The Morgan fingerprint density at radius 3 is 2.65 bits per heavy atom. The lowest BCUT2D eigenvalue weighted by molar-refractivity contribution is -0.123. The first kappa shape index (κ1) is 14.6. The Hall–Kier alpha value is -1.82.